The Kier molecular flexibility index (Phi) is 3.28. The second-order valence-electron chi connectivity index (χ2n) is 3.82. The zero-order chi connectivity index (χ0) is 11.6. The Hall–Kier alpha value is -1.59. The molecule has 0 aliphatic carbocycles. The summed E-state index contributed by atoms with van der Waals surface area (Å²) in [4.78, 5) is 11.5. The van der Waals surface area contributed by atoms with Crippen LogP contribution in [0.5, 0.6) is 0 Å². The Bertz CT molecular complexity index is 357. The van der Waals surface area contributed by atoms with Gasteiger partial charge in [-0.15, -0.1) is 5.10 Å². The van der Waals surface area contributed by atoms with Crippen LogP contribution in [-0.4, -0.2) is 27.1 Å². The number of ether oxygens (including phenoxy) is 1. The van der Waals surface area contributed by atoms with Crippen LogP contribution in [0.4, 0.5) is 5.82 Å². The van der Waals surface area contributed by atoms with E-state index >= 15 is 0 Å². The van der Waals surface area contributed by atoms with Crippen molar-refractivity contribution in [2.45, 2.75) is 39.8 Å². The monoisotopic (exact) mass is 212 g/mol. The molecule has 1 rings (SSSR count). The van der Waals surface area contributed by atoms with E-state index in [2.05, 4.69) is 10.3 Å². The van der Waals surface area contributed by atoms with Crippen LogP contribution in [0.25, 0.3) is 0 Å². The van der Waals surface area contributed by atoms with Crippen molar-refractivity contribution in [2.75, 3.05) is 5.73 Å². The van der Waals surface area contributed by atoms with E-state index in [0.717, 1.165) is 0 Å². The smallest absolute Gasteiger partial charge is 0.363 e. The van der Waals surface area contributed by atoms with Gasteiger partial charge in [-0.1, -0.05) is 5.21 Å². The van der Waals surface area contributed by atoms with Crippen LogP contribution < -0.4 is 5.73 Å². The Labute approximate surface area is 88.4 Å². The highest BCUT2D eigenvalue weighted by Gasteiger charge is 2.20. The third kappa shape index (κ3) is 2.45. The average molecular weight is 212 g/mol. The lowest BCUT2D eigenvalue weighted by Gasteiger charge is -2.07. The number of carbonyl (C=O) groups excluding carboxylic acids is 1. The number of hydrogen-bond donors (Lipinski definition) is 1. The molecule has 0 spiro atoms. The van der Waals surface area contributed by atoms with Crippen LogP contribution in [-0.2, 0) is 4.74 Å². The van der Waals surface area contributed by atoms with E-state index in [1.165, 1.54) is 4.68 Å². The summed E-state index contributed by atoms with van der Waals surface area (Å²) in [6.45, 7) is 7.34. The summed E-state index contributed by atoms with van der Waals surface area (Å²) in [5, 5.41) is 7.49. The lowest BCUT2D eigenvalue weighted by molar-refractivity contribution is 0.0372. The number of anilines is 1. The largest absolute Gasteiger partial charge is 0.458 e. The molecule has 1 heterocycles. The molecule has 1 aromatic rings. The summed E-state index contributed by atoms with van der Waals surface area (Å²) in [5.41, 5.74) is 5.80. The topological polar surface area (TPSA) is 83.0 Å². The maximum absolute atomic E-state index is 11.5. The minimum absolute atomic E-state index is 0.0677. The molecule has 0 saturated carbocycles. The average Bonchev–Trinajstić information content (AvgIpc) is 2.45. The minimum Gasteiger partial charge on any atom is -0.458 e. The zero-order valence-corrected chi connectivity index (χ0v) is 9.39. The van der Waals surface area contributed by atoms with Gasteiger partial charge in [0.1, 0.15) is 0 Å². The second-order valence-corrected chi connectivity index (χ2v) is 3.82. The third-order valence-electron chi connectivity index (χ3n) is 1.76. The predicted molar refractivity (Wildman–Crippen MR) is 55.4 cm³/mol. The van der Waals surface area contributed by atoms with Crippen molar-refractivity contribution in [2.24, 2.45) is 0 Å². The lowest BCUT2D eigenvalue weighted by atomic mass is 10.3. The first-order valence-electron chi connectivity index (χ1n) is 4.85. The number of nitrogens with zero attached hydrogens (tertiary/aromatic N) is 3. The second kappa shape index (κ2) is 4.29. The molecule has 0 aromatic carbocycles. The molecule has 0 aliphatic heterocycles. The number of aromatic nitrogens is 3. The van der Waals surface area contributed by atoms with Crippen LogP contribution in [0.1, 0.15) is 44.2 Å². The Morgan fingerprint density at radius 1 is 1.40 bits per heavy atom. The molecular formula is C9H16N4O2. The molecule has 0 aliphatic rings. The summed E-state index contributed by atoms with van der Waals surface area (Å²) < 4.78 is 6.46. The Balaban J connectivity index is 2.91. The van der Waals surface area contributed by atoms with Crippen molar-refractivity contribution in [1.82, 2.24) is 15.0 Å². The molecule has 0 bridgehead atoms. The van der Waals surface area contributed by atoms with Crippen molar-refractivity contribution in [1.29, 1.82) is 0 Å². The van der Waals surface area contributed by atoms with Crippen LogP contribution in [0.15, 0.2) is 0 Å². The summed E-state index contributed by atoms with van der Waals surface area (Å²) in [6, 6.07) is 0.0677. The molecule has 1 aromatic heterocycles. The highest BCUT2D eigenvalue weighted by molar-refractivity contribution is 5.91. The van der Waals surface area contributed by atoms with Gasteiger partial charge in [-0.25, -0.2) is 9.48 Å². The molecule has 0 amide bonds. The standard InChI is InChI=1S/C9H16N4O2/c1-5(2)13-8(10)7(11-12-13)9(14)15-6(3)4/h5-6H,10H2,1-4H3. The summed E-state index contributed by atoms with van der Waals surface area (Å²) in [7, 11) is 0. The first-order valence-corrected chi connectivity index (χ1v) is 4.85. The van der Waals surface area contributed by atoms with E-state index in [4.69, 9.17) is 10.5 Å². The molecule has 6 heteroatoms. The molecule has 0 saturated heterocycles. The summed E-state index contributed by atoms with van der Waals surface area (Å²) in [6.07, 6.45) is -0.193. The molecule has 0 fully saturated rings. The first-order chi connectivity index (χ1) is 6.93. The molecule has 0 radical (unpaired) electrons. The number of nitrogen functional groups attached to an aromatic ring is 1. The van der Waals surface area contributed by atoms with Crippen molar-refractivity contribution < 1.29 is 9.53 Å². The highest BCUT2D eigenvalue weighted by atomic mass is 16.5. The number of rotatable bonds is 3. The van der Waals surface area contributed by atoms with E-state index in [1.807, 2.05) is 13.8 Å². The number of nitrogens with two attached hydrogens (primary N) is 1. The lowest BCUT2D eigenvalue weighted by Crippen LogP contribution is -2.14. The Morgan fingerprint density at radius 2 is 2.00 bits per heavy atom. The van der Waals surface area contributed by atoms with Crippen molar-refractivity contribution >= 4 is 11.8 Å². The molecule has 84 valence electrons. The van der Waals surface area contributed by atoms with Gasteiger partial charge in [0, 0.05) is 0 Å². The maximum Gasteiger partial charge on any atom is 0.363 e. The molecule has 2 N–H and O–H groups in total. The van der Waals surface area contributed by atoms with E-state index in [-0.39, 0.29) is 23.7 Å². The van der Waals surface area contributed by atoms with E-state index < -0.39 is 5.97 Å². The summed E-state index contributed by atoms with van der Waals surface area (Å²) in [5.74, 6) is -0.287. The SMILES string of the molecule is CC(C)OC(=O)c1nnn(C(C)C)c1N. The van der Waals surface area contributed by atoms with Crippen molar-refractivity contribution in [3.63, 3.8) is 0 Å². The minimum atomic E-state index is -0.533. The van der Waals surface area contributed by atoms with Crippen LogP contribution in [0.2, 0.25) is 0 Å². The van der Waals surface area contributed by atoms with Crippen molar-refractivity contribution in [3.05, 3.63) is 5.69 Å². The van der Waals surface area contributed by atoms with E-state index in [0.29, 0.717) is 0 Å². The molecular weight excluding hydrogens is 196 g/mol. The van der Waals surface area contributed by atoms with Crippen LogP contribution in [0.3, 0.4) is 0 Å². The van der Waals surface area contributed by atoms with Gasteiger partial charge in [-0.2, -0.15) is 0 Å². The maximum atomic E-state index is 11.5. The van der Waals surface area contributed by atoms with Gasteiger partial charge in [0.2, 0.25) is 5.69 Å². The fourth-order valence-electron chi connectivity index (χ4n) is 1.10. The van der Waals surface area contributed by atoms with Crippen LogP contribution >= 0.6 is 0 Å². The molecule has 0 unspecified atom stereocenters. The van der Waals surface area contributed by atoms with Gasteiger partial charge >= 0.3 is 5.97 Å². The molecule has 0 atom stereocenters. The van der Waals surface area contributed by atoms with E-state index in [9.17, 15) is 4.79 Å². The summed E-state index contributed by atoms with van der Waals surface area (Å²) >= 11 is 0. The highest BCUT2D eigenvalue weighted by Crippen LogP contribution is 2.14. The van der Waals surface area contributed by atoms with Gasteiger partial charge < -0.3 is 10.5 Å². The first kappa shape index (κ1) is 11.5. The zero-order valence-electron chi connectivity index (χ0n) is 9.39. The van der Waals surface area contributed by atoms with Gasteiger partial charge in [0.15, 0.2) is 5.82 Å². The predicted octanol–water partition coefficient (Wildman–Crippen LogP) is 1.01. The van der Waals surface area contributed by atoms with Gasteiger partial charge in [-0.3, -0.25) is 0 Å². The number of esters is 1. The van der Waals surface area contributed by atoms with Gasteiger partial charge in [0.05, 0.1) is 12.1 Å². The van der Waals surface area contributed by atoms with Gasteiger partial charge in [0.25, 0.3) is 0 Å². The van der Waals surface area contributed by atoms with Gasteiger partial charge in [-0.05, 0) is 27.7 Å². The molecule has 15 heavy (non-hydrogen) atoms. The normalized spacial score (nSPS) is 11.1. The van der Waals surface area contributed by atoms with E-state index in [1.54, 1.807) is 13.8 Å². The fourth-order valence-corrected chi connectivity index (χ4v) is 1.10. The van der Waals surface area contributed by atoms with Crippen molar-refractivity contribution in [3.8, 4) is 0 Å². The Morgan fingerprint density at radius 3 is 2.40 bits per heavy atom. The van der Waals surface area contributed by atoms with Crippen LogP contribution in [0, 0.1) is 0 Å². The number of hydrogen-bond acceptors (Lipinski definition) is 5. The fraction of sp³-hybridized carbons (Fsp3) is 0.667. The number of carbonyl (C=O) groups is 1. The quantitative estimate of drug-likeness (QED) is 0.756. The molecule has 6 nitrogen and oxygen atoms in total. The third-order valence-corrected chi connectivity index (χ3v) is 1.76.